The summed E-state index contributed by atoms with van der Waals surface area (Å²) in [6.07, 6.45) is 1.61. The summed E-state index contributed by atoms with van der Waals surface area (Å²) in [6, 6.07) is 0. The Morgan fingerprint density at radius 3 is 2.75 bits per heavy atom. The Balaban J connectivity index is 1.84. The van der Waals surface area contributed by atoms with Crippen molar-refractivity contribution < 1.29 is 14.6 Å². The Morgan fingerprint density at radius 2 is 2.06 bits per heavy atom. The molecule has 2 unspecified atom stereocenters. The van der Waals surface area contributed by atoms with E-state index in [1.54, 1.807) is 0 Å². The lowest BCUT2D eigenvalue weighted by atomic mass is 9.90. The van der Waals surface area contributed by atoms with E-state index in [1.807, 2.05) is 0 Å². The second-order valence-corrected chi connectivity index (χ2v) is 4.74. The summed E-state index contributed by atoms with van der Waals surface area (Å²) in [5, 5.41) is 10.3. The van der Waals surface area contributed by atoms with Crippen LogP contribution in [0.1, 0.15) is 19.8 Å². The van der Waals surface area contributed by atoms with Crippen LogP contribution in [0.5, 0.6) is 0 Å². The van der Waals surface area contributed by atoms with Crippen LogP contribution in [0.3, 0.4) is 0 Å². The Morgan fingerprint density at radius 1 is 1.31 bits per heavy atom. The van der Waals surface area contributed by atoms with E-state index in [2.05, 4.69) is 11.8 Å². The van der Waals surface area contributed by atoms with Gasteiger partial charge in [-0.15, -0.1) is 0 Å². The van der Waals surface area contributed by atoms with Gasteiger partial charge in [-0.05, 0) is 25.3 Å². The molecule has 2 heterocycles. The van der Waals surface area contributed by atoms with Gasteiger partial charge in [0.2, 0.25) is 0 Å². The molecule has 2 atom stereocenters. The maximum atomic E-state index is 10.3. The van der Waals surface area contributed by atoms with Crippen LogP contribution in [0.4, 0.5) is 0 Å². The fraction of sp³-hybridized carbons (Fsp3) is 1.00. The summed E-state index contributed by atoms with van der Waals surface area (Å²) >= 11 is 0. The van der Waals surface area contributed by atoms with Crippen molar-refractivity contribution in [1.29, 1.82) is 0 Å². The summed E-state index contributed by atoms with van der Waals surface area (Å²) in [5.74, 6) is 0.357. The normalized spacial score (nSPS) is 31.5. The molecule has 2 rings (SSSR count). The van der Waals surface area contributed by atoms with Crippen LogP contribution in [-0.2, 0) is 9.47 Å². The molecule has 1 N–H and O–H groups in total. The van der Waals surface area contributed by atoms with Crippen molar-refractivity contribution in [2.45, 2.75) is 32.0 Å². The molecular weight excluding hydrogens is 206 g/mol. The molecule has 0 bridgehead atoms. The number of morpholine rings is 1. The Kier molecular flexibility index (Phi) is 4.58. The predicted molar refractivity (Wildman–Crippen MR) is 61.4 cm³/mol. The van der Waals surface area contributed by atoms with E-state index in [0.717, 1.165) is 52.3 Å². The molecule has 0 saturated carbocycles. The smallest absolute Gasteiger partial charge is 0.0963 e. The first-order valence-corrected chi connectivity index (χ1v) is 6.41. The van der Waals surface area contributed by atoms with Crippen LogP contribution in [-0.4, -0.2) is 61.7 Å². The third-order valence-electron chi connectivity index (χ3n) is 3.75. The molecule has 2 aliphatic rings. The molecule has 2 fully saturated rings. The van der Waals surface area contributed by atoms with Crippen LogP contribution in [0, 0.1) is 5.92 Å². The van der Waals surface area contributed by atoms with E-state index in [-0.39, 0.29) is 12.2 Å². The summed E-state index contributed by atoms with van der Waals surface area (Å²) in [4.78, 5) is 2.34. The van der Waals surface area contributed by atoms with Gasteiger partial charge in [0, 0.05) is 26.3 Å². The van der Waals surface area contributed by atoms with Gasteiger partial charge in [-0.25, -0.2) is 0 Å². The minimum atomic E-state index is -0.321. The highest BCUT2D eigenvalue weighted by atomic mass is 16.5. The first-order valence-electron chi connectivity index (χ1n) is 6.41. The van der Waals surface area contributed by atoms with E-state index in [1.165, 1.54) is 0 Å². The van der Waals surface area contributed by atoms with Gasteiger partial charge in [0.15, 0.2) is 0 Å². The Hall–Kier alpha value is -0.160. The SMILES string of the molecule is CCN1CCOC(C(O)C2CCOCC2)C1. The van der Waals surface area contributed by atoms with Crippen molar-refractivity contribution in [3.8, 4) is 0 Å². The second-order valence-electron chi connectivity index (χ2n) is 4.74. The number of aliphatic hydroxyl groups excluding tert-OH is 1. The van der Waals surface area contributed by atoms with Crippen LogP contribution in [0.15, 0.2) is 0 Å². The largest absolute Gasteiger partial charge is 0.390 e. The molecule has 0 spiro atoms. The van der Waals surface area contributed by atoms with Crippen molar-refractivity contribution in [3.63, 3.8) is 0 Å². The lowest BCUT2D eigenvalue weighted by molar-refractivity contribution is -0.117. The van der Waals surface area contributed by atoms with Gasteiger partial charge in [0.05, 0.1) is 18.8 Å². The molecule has 0 aromatic rings. The minimum absolute atomic E-state index is 0.00296. The van der Waals surface area contributed by atoms with Crippen LogP contribution < -0.4 is 0 Å². The Labute approximate surface area is 97.5 Å². The first kappa shape index (κ1) is 12.3. The monoisotopic (exact) mass is 229 g/mol. The maximum absolute atomic E-state index is 10.3. The van der Waals surface area contributed by atoms with Gasteiger partial charge >= 0.3 is 0 Å². The van der Waals surface area contributed by atoms with Gasteiger partial charge < -0.3 is 14.6 Å². The number of nitrogens with zero attached hydrogens (tertiary/aromatic N) is 1. The molecule has 0 aliphatic carbocycles. The molecule has 2 saturated heterocycles. The quantitative estimate of drug-likeness (QED) is 0.765. The molecule has 0 amide bonds. The first-order chi connectivity index (χ1) is 7.81. The van der Waals surface area contributed by atoms with E-state index in [0.29, 0.717) is 5.92 Å². The zero-order valence-corrected chi connectivity index (χ0v) is 10.1. The third-order valence-corrected chi connectivity index (χ3v) is 3.75. The average Bonchev–Trinajstić information content (AvgIpc) is 2.39. The fourth-order valence-corrected chi connectivity index (χ4v) is 2.59. The van der Waals surface area contributed by atoms with E-state index in [9.17, 15) is 5.11 Å². The van der Waals surface area contributed by atoms with Gasteiger partial charge in [-0.2, -0.15) is 0 Å². The summed E-state index contributed by atoms with van der Waals surface area (Å²) < 4.78 is 11.0. The highest BCUT2D eigenvalue weighted by molar-refractivity contribution is 4.83. The van der Waals surface area contributed by atoms with Gasteiger partial charge in [0.25, 0.3) is 0 Å². The summed E-state index contributed by atoms with van der Waals surface area (Å²) in [5.41, 5.74) is 0. The summed E-state index contributed by atoms with van der Waals surface area (Å²) in [6.45, 7) is 7.38. The van der Waals surface area contributed by atoms with E-state index in [4.69, 9.17) is 9.47 Å². The zero-order chi connectivity index (χ0) is 11.4. The number of hydrogen-bond donors (Lipinski definition) is 1. The van der Waals surface area contributed by atoms with Gasteiger partial charge in [-0.1, -0.05) is 6.92 Å². The molecule has 2 aliphatic heterocycles. The predicted octanol–water partition coefficient (Wildman–Crippen LogP) is 0.495. The lowest BCUT2D eigenvalue weighted by Gasteiger charge is -2.38. The molecule has 4 nitrogen and oxygen atoms in total. The number of aliphatic hydroxyl groups is 1. The molecular formula is C12H23NO3. The van der Waals surface area contributed by atoms with E-state index < -0.39 is 0 Å². The molecule has 4 heteroatoms. The third kappa shape index (κ3) is 2.94. The van der Waals surface area contributed by atoms with Crippen molar-refractivity contribution in [2.75, 3.05) is 39.5 Å². The zero-order valence-electron chi connectivity index (χ0n) is 10.1. The van der Waals surface area contributed by atoms with Gasteiger partial charge in [0.1, 0.15) is 0 Å². The molecule has 0 radical (unpaired) electrons. The highest BCUT2D eigenvalue weighted by Crippen LogP contribution is 2.23. The van der Waals surface area contributed by atoms with Crippen molar-refractivity contribution >= 4 is 0 Å². The maximum Gasteiger partial charge on any atom is 0.0963 e. The molecule has 16 heavy (non-hydrogen) atoms. The van der Waals surface area contributed by atoms with Gasteiger partial charge in [-0.3, -0.25) is 4.90 Å². The Bertz CT molecular complexity index is 206. The van der Waals surface area contributed by atoms with Crippen LogP contribution >= 0.6 is 0 Å². The number of hydrogen-bond acceptors (Lipinski definition) is 4. The van der Waals surface area contributed by atoms with Crippen LogP contribution in [0.25, 0.3) is 0 Å². The standard InChI is InChI=1S/C12H23NO3/c1-2-13-5-8-16-11(9-13)12(14)10-3-6-15-7-4-10/h10-12,14H,2-9H2,1H3. The van der Waals surface area contributed by atoms with Crippen LogP contribution in [0.2, 0.25) is 0 Å². The fourth-order valence-electron chi connectivity index (χ4n) is 2.59. The molecule has 94 valence electrons. The van der Waals surface area contributed by atoms with Crippen molar-refractivity contribution in [1.82, 2.24) is 4.90 Å². The van der Waals surface area contributed by atoms with Crippen molar-refractivity contribution in [2.24, 2.45) is 5.92 Å². The number of ether oxygens (including phenoxy) is 2. The number of likely N-dealkylation sites (N-methyl/N-ethyl adjacent to an activating group) is 1. The second kappa shape index (κ2) is 5.96. The van der Waals surface area contributed by atoms with Crippen molar-refractivity contribution in [3.05, 3.63) is 0 Å². The van der Waals surface area contributed by atoms with E-state index >= 15 is 0 Å². The lowest BCUT2D eigenvalue weighted by Crippen LogP contribution is -2.50. The topological polar surface area (TPSA) is 41.9 Å². The minimum Gasteiger partial charge on any atom is -0.390 e. The average molecular weight is 229 g/mol. The highest BCUT2D eigenvalue weighted by Gasteiger charge is 2.32. The molecule has 0 aromatic carbocycles. The molecule has 0 aromatic heterocycles. The summed E-state index contributed by atoms with van der Waals surface area (Å²) in [7, 11) is 0. The number of rotatable bonds is 3.